The molecule has 1 fully saturated rings. The van der Waals surface area contributed by atoms with Gasteiger partial charge in [0.1, 0.15) is 0 Å². The first-order chi connectivity index (χ1) is 10.8. The molecule has 114 valence electrons. The van der Waals surface area contributed by atoms with Gasteiger partial charge in [-0.1, -0.05) is 42.5 Å². The van der Waals surface area contributed by atoms with Crippen molar-refractivity contribution in [1.82, 2.24) is 0 Å². The zero-order chi connectivity index (χ0) is 15.4. The first-order valence-electron chi connectivity index (χ1n) is 8.33. The van der Waals surface area contributed by atoms with Gasteiger partial charge in [-0.2, -0.15) is 0 Å². The number of rotatable bonds is 4. The fourth-order valence-corrected chi connectivity index (χ4v) is 3.59. The quantitative estimate of drug-likeness (QED) is 0.560. The molecule has 2 aromatic carbocycles. The molecule has 0 saturated heterocycles. The van der Waals surface area contributed by atoms with Crippen molar-refractivity contribution < 1.29 is 0 Å². The van der Waals surface area contributed by atoms with Crippen LogP contribution in [-0.4, -0.2) is 0 Å². The molecule has 2 N–H and O–H groups in total. The lowest BCUT2D eigenvalue weighted by molar-refractivity contribution is 0.328. The van der Waals surface area contributed by atoms with Crippen LogP contribution in [-0.2, 0) is 0 Å². The zero-order valence-electron chi connectivity index (χ0n) is 13.2. The van der Waals surface area contributed by atoms with Crippen LogP contribution in [0.1, 0.15) is 43.6 Å². The van der Waals surface area contributed by atoms with E-state index in [0.29, 0.717) is 0 Å². The molecule has 3 rings (SSSR count). The third kappa shape index (κ3) is 3.41. The Labute approximate surface area is 133 Å². The molecule has 0 heterocycles. The summed E-state index contributed by atoms with van der Waals surface area (Å²) >= 11 is 0. The first-order valence-corrected chi connectivity index (χ1v) is 8.33. The highest BCUT2D eigenvalue weighted by Gasteiger charge is 2.21. The summed E-state index contributed by atoms with van der Waals surface area (Å²) in [6.07, 6.45) is 8.58. The summed E-state index contributed by atoms with van der Waals surface area (Å²) in [5.41, 5.74) is 10.6. The second-order valence-electron chi connectivity index (χ2n) is 6.49. The van der Waals surface area contributed by atoms with E-state index >= 15 is 0 Å². The summed E-state index contributed by atoms with van der Waals surface area (Å²) in [4.78, 5) is 0. The summed E-state index contributed by atoms with van der Waals surface area (Å²) in [5, 5.41) is 0. The van der Waals surface area contributed by atoms with Crippen molar-refractivity contribution in [3.8, 4) is 11.1 Å². The van der Waals surface area contributed by atoms with E-state index in [1.54, 1.807) is 0 Å². The average Bonchev–Trinajstić information content (AvgIpc) is 2.57. The number of benzene rings is 2. The molecular weight excluding hydrogens is 266 g/mol. The van der Waals surface area contributed by atoms with Gasteiger partial charge >= 0.3 is 0 Å². The van der Waals surface area contributed by atoms with Crippen molar-refractivity contribution in [1.29, 1.82) is 0 Å². The number of hydrogen-bond donors (Lipinski definition) is 1. The zero-order valence-corrected chi connectivity index (χ0v) is 13.2. The van der Waals surface area contributed by atoms with Crippen molar-refractivity contribution in [3.05, 3.63) is 66.7 Å². The maximum absolute atomic E-state index is 5.75. The molecule has 1 nitrogen and oxygen atoms in total. The van der Waals surface area contributed by atoms with Gasteiger partial charge in [0.2, 0.25) is 0 Å². The minimum Gasteiger partial charge on any atom is -0.399 e. The Hall–Kier alpha value is -2.02. The Kier molecular flexibility index (Phi) is 4.62. The second kappa shape index (κ2) is 6.83. The van der Waals surface area contributed by atoms with Crippen LogP contribution < -0.4 is 5.73 Å². The number of anilines is 1. The maximum atomic E-state index is 5.75. The average molecular weight is 291 g/mol. The lowest BCUT2D eigenvalue weighted by Crippen LogP contribution is -2.12. The van der Waals surface area contributed by atoms with E-state index in [2.05, 4.69) is 49.1 Å². The van der Waals surface area contributed by atoms with E-state index in [0.717, 1.165) is 17.5 Å². The standard InChI is InChI=1S/C21H25N/c1-2-3-16-4-6-17(7-5-16)18-8-10-19(11-9-18)20-12-14-21(22)15-13-20/h2,8-17H,1,3-7,22H2. The van der Waals surface area contributed by atoms with Crippen molar-refractivity contribution in [2.45, 2.75) is 38.0 Å². The van der Waals surface area contributed by atoms with E-state index in [1.807, 2.05) is 12.1 Å². The van der Waals surface area contributed by atoms with Crippen LogP contribution in [0.2, 0.25) is 0 Å². The summed E-state index contributed by atoms with van der Waals surface area (Å²) in [6.45, 7) is 3.87. The van der Waals surface area contributed by atoms with E-state index in [1.165, 1.54) is 48.8 Å². The minimum atomic E-state index is 0.738. The SMILES string of the molecule is C=CCC1CCC(c2ccc(-c3ccc(N)cc3)cc2)CC1. The Morgan fingerprint density at radius 3 is 1.95 bits per heavy atom. The van der Waals surface area contributed by atoms with E-state index in [-0.39, 0.29) is 0 Å². The van der Waals surface area contributed by atoms with Crippen molar-refractivity contribution in [3.63, 3.8) is 0 Å². The van der Waals surface area contributed by atoms with Gasteiger partial charge < -0.3 is 5.73 Å². The first kappa shape index (κ1) is 14.9. The van der Waals surface area contributed by atoms with Gasteiger partial charge in [-0.15, -0.1) is 6.58 Å². The predicted octanol–water partition coefficient (Wildman–Crippen LogP) is 5.79. The lowest BCUT2D eigenvalue weighted by atomic mass is 9.77. The fraction of sp³-hybridized carbons (Fsp3) is 0.333. The molecule has 0 radical (unpaired) electrons. The molecule has 22 heavy (non-hydrogen) atoms. The normalized spacial score (nSPS) is 21.5. The summed E-state index contributed by atoms with van der Waals surface area (Å²) in [5.74, 6) is 1.60. The van der Waals surface area contributed by atoms with Gasteiger partial charge in [-0.25, -0.2) is 0 Å². The number of nitrogen functional groups attached to an aromatic ring is 1. The third-order valence-electron chi connectivity index (χ3n) is 4.97. The molecule has 0 aliphatic heterocycles. The highest BCUT2D eigenvalue weighted by atomic mass is 14.5. The lowest BCUT2D eigenvalue weighted by Gasteiger charge is -2.28. The third-order valence-corrected chi connectivity index (χ3v) is 4.97. The minimum absolute atomic E-state index is 0.738. The molecule has 0 amide bonds. The second-order valence-corrected chi connectivity index (χ2v) is 6.49. The van der Waals surface area contributed by atoms with Crippen molar-refractivity contribution in [2.24, 2.45) is 5.92 Å². The molecule has 0 aromatic heterocycles. The van der Waals surface area contributed by atoms with Gasteiger partial charge in [0.25, 0.3) is 0 Å². The van der Waals surface area contributed by atoms with Crippen molar-refractivity contribution in [2.75, 3.05) is 5.73 Å². The topological polar surface area (TPSA) is 26.0 Å². The monoisotopic (exact) mass is 291 g/mol. The van der Waals surface area contributed by atoms with Crippen molar-refractivity contribution >= 4 is 5.69 Å². The molecule has 1 aliphatic carbocycles. The van der Waals surface area contributed by atoms with Crippen LogP contribution in [0, 0.1) is 5.92 Å². The number of hydrogen-bond acceptors (Lipinski definition) is 1. The van der Waals surface area contributed by atoms with Gasteiger partial charge in [0.15, 0.2) is 0 Å². The van der Waals surface area contributed by atoms with Crippen LogP contribution in [0.4, 0.5) is 5.69 Å². The fourth-order valence-electron chi connectivity index (χ4n) is 3.59. The Bertz CT molecular complexity index is 601. The molecule has 1 heteroatoms. The predicted molar refractivity (Wildman–Crippen MR) is 95.8 cm³/mol. The highest BCUT2D eigenvalue weighted by molar-refractivity contribution is 5.65. The van der Waals surface area contributed by atoms with Gasteiger partial charge in [0.05, 0.1) is 0 Å². The van der Waals surface area contributed by atoms with E-state index in [9.17, 15) is 0 Å². The summed E-state index contributed by atoms with van der Waals surface area (Å²) < 4.78 is 0. The molecule has 0 spiro atoms. The van der Waals surface area contributed by atoms with Crippen LogP contribution in [0.15, 0.2) is 61.2 Å². The molecule has 1 aliphatic rings. The van der Waals surface area contributed by atoms with Gasteiger partial charge in [-0.3, -0.25) is 0 Å². The highest BCUT2D eigenvalue weighted by Crippen LogP contribution is 2.37. The molecule has 0 bridgehead atoms. The Balaban J connectivity index is 1.67. The molecular formula is C21H25N. The van der Waals surface area contributed by atoms with Gasteiger partial charge in [-0.05, 0) is 72.8 Å². The smallest absolute Gasteiger partial charge is 0.0314 e. The van der Waals surface area contributed by atoms with E-state index in [4.69, 9.17) is 5.73 Å². The Morgan fingerprint density at radius 2 is 1.41 bits per heavy atom. The molecule has 2 aromatic rings. The largest absolute Gasteiger partial charge is 0.399 e. The van der Waals surface area contributed by atoms with Gasteiger partial charge in [0, 0.05) is 5.69 Å². The Morgan fingerprint density at radius 1 is 0.864 bits per heavy atom. The van der Waals surface area contributed by atoms with Crippen LogP contribution in [0.3, 0.4) is 0 Å². The molecule has 0 atom stereocenters. The summed E-state index contributed by atoms with van der Waals surface area (Å²) in [7, 11) is 0. The maximum Gasteiger partial charge on any atom is 0.0314 e. The van der Waals surface area contributed by atoms with Crippen LogP contribution in [0.25, 0.3) is 11.1 Å². The number of allylic oxidation sites excluding steroid dienone is 1. The number of nitrogens with two attached hydrogens (primary N) is 1. The van der Waals surface area contributed by atoms with Crippen LogP contribution in [0.5, 0.6) is 0 Å². The molecule has 0 unspecified atom stereocenters. The molecule has 1 saturated carbocycles. The summed E-state index contributed by atoms with van der Waals surface area (Å²) in [6, 6.07) is 17.2. The van der Waals surface area contributed by atoms with E-state index < -0.39 is 0 Å². The van der Waals surface area contributed by atoms with Crippen LogP contribution >= 0.6 is 0 Å².